The van der Waals surface area contributed by atoms with Crippen molar-refractivity contribution in [3.63, 3.8) is 0 Å². The van der Waals surface area contributed by atoms with Crippen LogP contribution in [0.15, 0.2) is 72.9 Å². The highest BCUT2D eigenvalue weighted by molar-refractivity contribution is 5.94. The van der Waals surface area contributed by atoms with Crippen molar-refractivity contribution in [3.8, 4) is 0 Å². The van der Waals surface area contributed by atoms with Gasteiger partial charge >= 0.3 is 0 Å². The van der Waals surface area contributed by atoms with Crippen molar-refractivity contribution in [2.45, 2.75) is 39.9 Å². The number of pyridine rings is 1. The summed E-state index contributed by atoms with van der Waals surface area (Å²) in [4.78, 5) is 19.3. The molecule has 4 heteroatoms. The second kappa shape index (κ2) is 9.18. The van der Waals surface area contributed by atoms with Crippen molar-refractivity contribution in [3.05, 3.63) is 95.2 Å². The minimum Gasteiger partial charge on any atom is -0.350 e. The molecule has 3 rings (SSSR count). The highest BCUT2D eigenvalue weighted by Crippen LogP contribution is 2.19. The maximum Gasteiger partial charge on any atom is 0.251 e. The third kappa shape index (κ3) is 5.19. The van der Waals surface area contributed by atoms with Crippen LogP contribution in [0.3, 0.4) is 0 Å². The number of hydrogen-bond donors (Lipinski definition) is 1. The van der Waals surface area contributed by atoms with E-state index in [4.69, 9.17) is 0 Å². The summed E-state index contributed by atoms with van der Waals surface area (Å²) in [5.74, 6) is 0.717. The highest BCUT2D eigenvalue weighted by Gasteiger charge is 2.15. The molecule has 2 aromatic carbocycles. The molecule has 0 saturated carbocycles. The van der Waals surface area contributed by atoms with Gasteiger partial charge in [0.25, 0.3) is 5.91 Å². The molecule has 0 aliphatic heterocycles. The second-order valence-electron chi connectivity index (χ2n) is 7.28. The first kappa shape index (κ1) is 19.6. The van der Waals surface area contributed by atoms with E-state index in [1.54, 1.807) is 12.3 Å². The summed E-state index contributed by atoms with van der Waals surface area (Å²) in [6, 6.07) is 22.4. The lowest BCUT2D eigenvalue weighted by atomic mass is 10.1. The van der Waals surface area contributed by atoms with Gasteiger partial charge in [-0.15, -0.1) is 0 Å². The van der Waals surface area contributed by atoms with Gasteiger partial charge in [0.05, 0.1) is 0 Å². The first-order valence-corrected chi connectivity index (χ1v) is 9.63. The van der Waals surface area contributed by atoms with Crippen molar-refractivity contribution < 1.29 is 4.79 Å². The van der Waals surface area contributed by atoms with Crippen molar-refractivity contribution in [1.82, 2.24) is 10.3 Å². The van der Waals surface area contributed by atoms with Crippen LogP contribution in [0.4, 0.5) is 5.82 Å². The predicted octanol–water partition coefficient (Wildman–Crippen LogP) is 4.74. The Labute approximate surface area is 167 Å². The quantitative estimate of drug-likeness (QED) is 0.651. The van der Waals surface area contributed by atoms with E-state index >= 15 is 0 Å². The molecule has 0 atom stereocenters. The molecule has 0 aliphatic rings. The molecular formula is C24H27N3O. The van der Waals surface area contributed by atoms with Crippen LogP contribution in [0, 0.1) is 6.92 Å². The molecule has 0 unspecified atom stereocenters. The number of hydrogen-bond acceptors (Lipinski definition) is 3. The van der Waals surface area contributed by atoms with Gasteiger partial charge in [-0.05, 0) is 44.0 Å². The van der Waals surface area contributed by atoms with Crippen LogP contribution in [0.25, 0.3) is 0 Å². The average Bonchev–Trinajstić information content (AvgIpc) is 2.72. The van der Waals surface area contributed by atoms with Gasteiger partial charge in [-0.25, -0.2) is 4.98 Å². The number of amides is 1. The molecule has 28 heavy (non-hydrogen) atoms. The monoisotopic (exact) mass is 373 g/mol. The number of carbonyl (C=O) groups is 1. The number of benzene rings is 2. The van der Waals surface area contributed by atoms with Crippen LogP contribution in [-0.2, 0) is 13.1 Å². The average molecular weight is 374 g/mol. The molecule has 1 heterocycles. The van der Waals surface area contributed by atoms with E-state index in [1.165, 1.54) is 11.1 Å². The Balaban J connectivity index is 1.72. The van der Waals surface area contributed by atoms with E-state index in [-0.39, 0.29) is 11.9 Å². The third-order valence-corrected chi connectivity index (χ3v) is 4.69. The van der Waals surface area contributed by atoms with Crippen LogP contribution < -0.4 is 10.2 Å². The van der Waals surface area contributed by atoms with Crippen LogP contribution in [0.1, 0.15) is 40.9 Å². The molecule has 1 aromatic heterocycles. The lowest BCUT2D eigenvalue weighted by Crippen LogP contribution is -2.31. The maximum absolute atomic E-state index is 12.6. The lowest BCUT2D eigenvalue weighted by molar-refractivity contribution is 0.0951. The zero-order valence-electron chi connectivity index (χ0n) is 16.7. The van der Waals surface area contributed by atoms with Crippen molar-refractivity contribution >= 4 is 11.7 Å². The summed E-state index contributed by atoms with van der Waals surface area (Å²) in [5.41, 5.74) is 4.13. The van der Waals surface area contributed by atoms with E-state index in [9.17, 15) is 4.79 Å². The summed E-state index contributed by atoms with van der Waals surface area (Å²) in [6.45, 7) is 7.58. The largest absolute Gasteiger partial charge is 0.350 e. The Hall–Kier alpha value is -3.14. The molecule has 0 aliphatic carbocycles. The standard InChI is InChI=1S/C24H27N3O/c1-18(2)27(17-21-7-5-4-6-8-21)23-15-22(13-14-25-23)24(28)26-16-20-11-9-19(3)10-12-20/h4-15,18H,16-17H2,1-3H3,(H,26,28). The minimum atomic E-state index is -0.0901. The van der Waals surface area contributed by atoms with Gasteiger partial charge in [0.1, 0.15) is 5.82 Å². The van der Waals surface area contributed by atoms with Crippen molar-refractivity contribution in [1.29, 1.82) is 0 Å². The molecule has 4 nitrogen and oxygen atoms in total. The van der Waals surface area contributed by atoms with Crippen molar-refractivity contribution in [2.24, 2.45) is 0 Å². The van der Waals surface area contributed by atoms with Crippen LogP contribution >= 0.6 is 0 Å². The number of aryl methyl sites for hydroxylation is 1. The molecule has 0 radical (unpaired) electrons. The van der Waals surface area contributed by atoms with Gasteiger partial charge in [0.15, 0.2) is 0 Å². The van der Waals surface area contributed by atoms with Gasteiger partial charge in [-0.2, -0.15) is 0 Å². The topological polar surface area (TPSA) is 45.2 Å². The zero-order valence-corrected chi connectivity index (χ0v) is 16.7. The maximum atomic E-state index is 12.6. The summed E-state index contributed by atoms with van der Waals surface area (Å²) in [5, 5.41) is 2.99. The second-order valence-corrected chi connectivity index (χ2v) is 7.28. The Morgan fingerprint density at radius 2 is 1.71 bits per heavy atom. The first-order chi connectivity index (χ1) is 13.5. The minimum absolute atomic E-state index is 0.0901. The molecular weight excluding hydrogens is 346 g/mol. The molecule has 3 aromatic rings. The zero-order chi connectivity index (χ0) is 19.9. The van der Waals surface area contributed by atoms with Gasteiger partial charge in [-0.1, -0.05) is 60.2 Å². The number of anilines is 1. The van der Waals surface area contributed by atoms with Gasteiger partial charge in [0.2, 0.25) is 0 Å². The normalized spacial score (nSPS) is 10.7. The third-order valence-electron chi connectivity index (χ3n) is 4.69. The molecule has 144 valence electrons. The fourth-order valence-corrected chi connectivity index (χ4v) is 3.02. The molecule has 1 amide bonds. The van der Waals surface area contributed by atoms with E-state index < -0.39 is 0 Å². The molecule has 0 saturated heterocycles. The number of rotatable bonds is 7. The number of carbonyl (C=O) groups excluding carboxylic acids is 1. The fourth-order valence-electron chi connectivity index (χ4n) is 3.02. The summed E-state index contributed by atoms with van der Waals surface area (Å²) in [7, 11) is 0. The Morgan fingerprint density at radius 3 is 2.39 bits per heavy atom. The van der Waals surface area contributed by atoms with E-state index in [1.807, 2.05) is 36.4 Å². The highest BCUT2D eigenvalue weighted by atomic mass is 16.1. The van der Waals surface area contributed by atoms with Gasteiger partial charge < -0.3 is 10.2 Å². The molecule has 0 spiro atoms. The van der Waals surface area contributed by atoms with E-state index in [0.29, 0.717) is 12.1 Å². The molecule has 0 fully saturated rings. The van der Waals surface area contributed by atoms with E-state index in [0.717, 1.165) is 17.9 Å². The summed E-state index contributed by atoms with van der Waals surface area (Å²) in [6.07, 6.45) is 1.70. The first-order valence-electron chi connectivity index (χ1n) is 9.63. The van der Waals surface area contributed by atoms with Crippen LogP contribution in [0.5, 0.6) is 0 Å². The molecule has 0 bridgehead atoms. The van der Waals surface area contributed by atoms with Gasteiger partial charge in [-0.3, -0.25) is 4.79 Å². The van der Waals surface area contributed by atoms with Crippen LogP contribution in [-0.4, -0.2) is 16.9 Å². The Kier molecular flexibility index (Phi) is 6.43. The SMILES string of the molecule is Cc1ccc(CNC(=O)c2ccnc(N(Cc3ccccc3)C(C)C)c2)cc1. The Bertz CT molecular complexity index is 905. The molecule has 1 N–H and O–H groups in total. The van der Waals surface area contributed by atoms with Gasteiger partial charge in [0, 0.05) is 30.9 Å². The van der Waals surface area contributed by atoms with Crippen molar-refractivity contribution in [2.75, 3.05) is 4.90 Å². The predicted molar refractivity (Wildman–Crippen MR) is 114 cm³/mol. The fraction of sp³-hybridized carbons (Fsp3) is 0.250. The van der Waals surface area contributed by atoms with Crippen LogP contribution in [0.2, 0.25) is 0 Å². The number of aromatic nitrogens is 1. The smallest absolute Gasteiger partial charge is 0.251 e. The number of nitrogens with one attached hydrogen (secondary N) is 1. The summed E-state index contributed by atoms with van der Waals surface area (Å²) >= 11 is 0. The van der Waals surface area contributed by atoms with E-state index in [2.05, 4.69) is 60.2 Å². The Morgan fingerprint density at radius 1 is 1.00 bits per heavy atom. The number of nitrogens with zero attached hydrogens (tertiary/aromatic N) is 2. The summed E-state index contributed by atoms with van der Waals surface area (Å²) < 4.78 is 0. The lowest BCUT2D eigenvalue weighted by Gasteiger charge is -2.28.